The van der Waals surface area contributed by atoms with E-state index in [9.17, 15) is 4.79 Å². The zero-order valence-electron chi connectivity index (χ0n) is 18.0. The lowest BCUT2D eigenvalue weighted by atomic mass is 9.98. The first-order valence-electron chi connectivity index (χ1n) is 11.6. The van der Waals surface area contributed by atoms with E-state index >= 15 is 0 Å². The highest BCUT2D eigenvalue weighted by atomic mass is 35.5. The number of nitrogens with zero attached hydrogens (tertiary/aromatic N) is 2. The van der Waals surface area contributed by atoms with E-state index in [1.807, 2.05) is 6.07 Å². The van der Waals surface area contributed by atoms with Crippen molar-refractivity contribution in [2.45, 2.75) is 62.6 Å². The van der Waals surface area contributed by atoms with Gasteiger partial charge in [-0.1, -0.05) is 52.6 Å². The maximum absolute atomic E-state index is 13.5. The second-order valence-electron chi connectivity index (χ2n) is 9.27. The third-order valence-electron chi connectivity index (χ3n) is 7.09. The molecule has 1 aromatic heterocycles. The number of rotatable bonds is 5. The molecule has 0 amide bonds. The van der Waals surface area contributed by atoms with Crippen LogP contribution in [0.3, 0.4) is 0 Å². The summed E-state index contributed by atoms with van der Waals surface area (Å²) in [6.07, 6.45) is 5.71. The van der Waals surface area contributed by atoms with E-state index < -0.39 is 0 Å². The molecule has 0 radical (unpaired) electrons. The number of fused-ring (bicyclic) bond motifs is 2. The van der Waals surface area contributed by atoms with Crippen LogP contribution in [0.25, 0.3) is 11.3 Å². The lowest BCUT2D eigenvalue weighted by molar-refractivity contribution is 0.0202. The van der Waals surface area contributed by atoms with Gasteiger partial charge in [0, 0.05) is 42.1 Å². The summed E-state index contributed by atoms with van der Waals surface area (Å²) in [6.45, 7) is 0. The van der Waals surface area contributed by atoms with E-state index in [0.29, 0.717) is 44.7 Å². The molecule has 3 aliphatic rings. The highest BCUT2D eigenvalue weighted by molar-refractivity contribution is 6.39. The molecule has 2 aromatic carbocycles. The zero-order chi connectivity index (χ0) is 22.5. The minimum Gasteiger partial charge on any atom is -0.458 e. The Kier molecular flexibility index (Phi) is 5.34. The molecule has 0 unspecified atom stereocenters. The molecule has 0 N–H and O–H groups in total. The lowest BCUT2D eigenvalue weighted by Crippen LogP contribution is -2.46. The number of halogens is 2. The maximum Gasteiger partial charge on any atom is 0.344 e. The quantitative estimate of drug-likeness (QED) is 0.370. The molecule has 0 spiro atoms. The van der Waals surface area contributed by atoms with Crippen LogP contribution in [0, 0.1) is 0 Å². The number of hydrogen-bond acceptors (Lipinski definition) is 5. The summed E-state index contributed by atoms with van der Waals surface area (Å²) in [6, 6.07) is 16.5. The largest absolute Gasteiger partial charge is 0.458 e. The van der Waals surface area contributed by atoms with Crippen molar-refractivity contribution in [2.75, 3.05) is 4.90 Å². The molecule has 3 heterocycles. The minimum atomic E-state index is -0.387. The lowest BCUT2D eigenvalue weighted by Gasteiger charge is -2.40. The molecule has 2 saturated heterocycles. The number of carbonyl (C=O) groups excluding carboxylic acids is 1. The van der Waals surface area contributed by atoms with Gasteiger partial charge in [-0.25, -0.2) is 4.79 Å². The Morgan fingerprint density at radius 2 is 1.61 bits per heavy atom. The van der Waals surface area contributed by atoms with Crippen molar-refractivity contribution in [2.24, 2.45) is 0 Å². The molecular weight excluding hydrogens is 459 g/mol. The molecule has 33 heavy (non-hydrogen) atoms. The van der Waals surface area contributed by atoms with E-state index in [-0.39, 0.29) is 18.0 Å². The van der Waals surface area contributed by atoms with Crippen molar-refractivity contribution in [1.82, 2.24) is 5.16 Å². The van der Waals surface area contributed by atoms with Crippen LogP contribution in [0.2, 0.25) is 10.0 Å². The van der Waals surface area contributed by atoms with E-state index in [1.165, 1.54) is 5.69 Å². The fraction of sp³-hybridized carbons (Fsp3) is 0.385. The Morgan fingerprint density at radius 1 is 0.939 bits per heavy atom. The zero-order valence-corrected chi connectivity index (χ0v) is 19.6. The molecule has 2 aliphatic heterocycles. The maximum atomic E-state index is 13.5. The first-order valence-corrected chi connectivity index (χ1v) is 12.3. The number of aromatic nitrogens is 1. The Balaban J connectivity index is 1.27. The summed E-state index contributed by atoms with van der Waals surface area (Å²) in [7, 11) is 0. The fourth-order valence-electron chi connectivity index (χ4n) is 5.47. The van der Waals surface area contributed by atoms with Crippen LogP contribution in [0.5, 0.6) is 0 Å². The van der Waals surface area contributed by atoms with Crippen molar-refractivity contribution in [3.63, 3.8) is 0 Å². The van der Waals surface area contributed by atoms with Crippen LogP contribution in [0.4, 0.5) is 5.69 Å². The number of anilines is 1. The van der Waals surface area contributed by atoms with Gasteiger partial charge in [-0.15, -0.1) is 0 Å². The Hall–Kier alpha value is -2.50. The fourth-order valence-corrected chi connectivity index (χ4v) is 6.05. The van der Waals surface area contributed by atoms with Crippen molar-refractivity contribution < 1.29 is 14.1 Å². The summed E-state index contributed by atoms with van der Waals surface area (Å²) < 4.78 is 11.8. The second kappa shape index (κ2) is 8.37. The summed E-state index contributed by atoms with van der Waals surface area (Å²) in [5.74, 6) is 0.406. The van der Waals surface area contributed by atoms with Crippen LogP contribution in [-0.2, 0) is 4.74 Å². The van der Waals surface area contributed by atoms with Gasteiger partial charge < -0.3 is 14.2 Å². The molecule has 3 fully saturated rings. The first-order chi connectivity index (χ1) is 16.1. The van der Waals surface area contributed by atoms with E-state index in [0.717, 1.165) is 38.5 Å². The van der Waals surface area contributed by atoms with E-state index in [4.69, 9.17) is 32.5 Å². The van der Waals surface area contributed by atoms with Crippen molar-refractivity contribution in [3.8, 4) is 11.3 Å². The second-order valence-corrected chi connectivity index (χ2v) is 10.1. The number of benzene rings is 2. The topological polar surface area (TPSA) is 55.6 Å². The van der Waals surface area contributed by atoms with E-state index in [2.05, 4.69) is 34.3 Å². The van der Waals surface area contributed by atoms with E-state index in [1.54, 1.807) is 18.2 Å². The summed E-state index contributed by atoms with van der Waals surface area (Å²) in [5, 5.41) is 5.09. The molecule has 3 aromatic rings. The minimum absolute atomic E-state index is 0.133. The normalized spacial score (nSPS) is 24.2. The molecule has 7 heteroatoms. The summed E-state index contributed by atoms with van der Waals surface area (Å²) in [5.41, 5.74) is 2.52. The highest BCUT2D eigenvalue weighted by Gasteiger charge is 2.43. The molecular formula is C26H24Cl2N2O3. The number of para-hydroxylation sites is 1. The Bertz CT molecular complexity index is 1160. The summed E-state index contributed by atoms with van der Waals surface area (Å²) >= 11 is 12.9. The number of carbonyl (C=O) groups is 1. The Morgan fingerprint density at radius 3 is 2.24 bits per heavy atom. The molecule has 2 bridgehead atoms. The predicted octanol–water partition coefficient (Wildman–Crippen LogP) is 6.88. The molecule has 1 saturated carbocycles. The summed E-state index contributed by atoms with van der Waals surface area (Å²) in [4.78, 5) is 16.0. The first kappa shape index (κ1) is 21.1. The monoisotopic (exact) mass is 482 g/mol. The average molecular weight is 483 g/mol. The van der Waals surface area contributed by atoms with Gasteiger partial charge in [-0.05, 0) is 49.9 Å². The Labute approximate surface area is 202 Å². The van der Waals surface area contributed by atoms with Crippen molar-refractivity contribution in [3.05, 3.63) is 69.9 Å². The van der Waals surface area contributed by atoms with Crippen LogP contribution < -0.4 is 4.90 Å². The van der Waals surface area contributed by atoms with Gasteiger partial charge in [-0.3, -0.25) is 0 Å². The SMILES string of the molecule is O=C(O[C@H]1C[C@H]2CC[C@@H](C1)N2c1ccccc1)c1c(-c2c(Cl)cccc2Cl)noc1C1CC1. The van der Waals surface area contributed by atoms with Crippen molar-refractivity contribution in [1.29, 1.82) is 0 Å². The molecule has 1 aliphatic carbocycles. The average Bonchev–Trinajstić information content (AvgIpc) is 3.50. The van der Waals surface area contributed by atoms with Gasteiger partial charge in [0.15, 0.2) is 5.76 Å². The number of hydrogen-bond donors (Lipinski definition) is 0. The third-order valence-corrected chi connectivity index (χ3v) is 7.72. The van der Waals surface area contributed by atoms with Gasteiger partial charge in [0.1, 0.15) is 17.4 Å². The third kappa shape index (κ3) is 3.81. The van der Waals surface area contributed by atoms with Crippen molar-refractivity contribution >= 4 is 34.9 Å². The molecule has 3 atom stereocenters. The number of piperidine rings is 1. The standard InChI is InChI=1S/C26H24Cl2N2O3/c27-20-7-4-8-21(28)22(20)24-23(25(33-29-24)15-9-10-15)26(31)32-19-13-17-11-12-18(14-19)30(17)16-5-2-1-3-6-16/h1-8,15,17-19H,9-14H2/t17-,18+,19+. The predicted molar refractivity (Wildman–Crippen MR) is 128 cm³/mol. The molecule has 6 rings (SSSR count). The van der Waals surface area contributed by atoms with Gasteiger partial charge in [-0.2, -0.15) is 0 Å². The van der Waals surface area contributed by atoms with Gasteiger partial charge in [0.2, 0.25) is 0 Å². The van der Waals surface area contributed by atoms with Gasteiger partial charge >= 0.3 is 5.97 Å². The molecule has 5 nitrogen and oxygen atoms in total. The number of ether oxygens (including phenoxy) is 1. The number of esters is 1. The van der Waals surface area contributed by atoms with Crippen LogP contribution in [-0.4, -0.2) is 29.3 Å². The van der Waals surface area contributed by atoms with Crippen LogP contribution >= 0.6 is 23.2 Å². The van der Waals surface area contributed by atoms with Crippen LogP contribution in [0.15, 0.2) is 53.1 Å². The van der Waals surface area contributed by atoms with Gasteiger partial charge in [0.25, 0.3) is 0 Å². The van der Waals surface area contributed by atoms with Crippen LogP contribution in [0.1, 0.15) is 60.6 Å². The highest BCUT2D eigenvalue weighted by Crippen LogP contribution is 2.47. The smallest absolute Gasteiger partial charge is 0.344 e. The molecule has 170 valence electrons. The van der Waals surface area contributed by atoms with Gasteiger partial charge in [0.05, 0.1) is 10.0 Å².